The summed E-state index contributed by atoms with van der Waals surface area (Å²) < 4.78 is 27.6. The number of rotatable bonds is 7. The summed E-state index contributed by atoms with van der Waals surface area (Å²) in [5.41, 5.74) is 0.788. The van der Waals surface area contributed by atoms with Crippen molar-refractivity contribution < 1.29 is 22.7 Å². The van der Waals surface area contributed by atoms with Crippen LogP contribution in [0.4, 0.5) is 5.69 Å². The summed E-state index contributed by atoms with van der Waals surface area (Å²) >= 11 is 0. The molecule has 0 unspecified atom stereocenters. The van der Waals surface area contributed by atoms with Gasteiger partial charge in [-0.1, -0.05) is 0 Å². The number of carbonyl (C=O) groups excluding carboxylic acids is 2. The molecule has 0 aliphatic rings. The van der Waals surface area contributed by atoms with E-state index in [9.17, 15) is 18.0 Å². The minimum atomic E-state index is -3.79. The Morgan fingerprint density at radius 2 is 1.65 bits per heavy atom. The lowest BCUT2D eigenvalue weighted by Gasteiger charge is -2.08. The summed E-state index contributed by atoms with van der Waals surface area (Å²) in [6.45, 7) is 2.16. The molecule has 26 heavy (non-hydrogen) atoms. The van der Waals surface area contributed by atoms with Crippen molar-refractivity contribution in [1.29, 1.82) is 0 Å². The van der Waals surface area contributed by atoms with Crippen molar-refractivity contribution in [2.45, 2.75) is 11.8 Å². The number of nitrogens with one attached hydrogen (secondary N) is 2. The zero-order valence-electron chi connectivity index (χ0n) is 14.1. The molecule has 2 aromatic rings. The number of sulfonamides is 1. The van der Waals surface area contributed by atoms with E-state index in [-0.39, 0.29) is 11.4 Å². The highest BCUT2D eigenvalue weighted by Crippen LogP contribution is 2.13. The number of hydrogen-bond donors (Lipinski definition) is 3. The molecule has 0 saturated carbocycles. The van der Waals surface area contributed by atoms with Gasteiger partial charge in [0.25, 0.3) is 5.91 Å². The maximum absolute atomic E-state index is 12.0. The van der Waals surface area contributed by atoms with Crippen LogP contribution in [0.25, 0.3) is 0 Å². The van der Waals surface area contributed by atoms with Crippen LogP contribution in [0.1, 0.15) is 17.3 Å². The van der Waals surface area contributed by atoms with Crippen LogP contribution in [0.3, 0.4) is 0 Å². The third-order valence-corrected chi connectivity index (χ3v) is 4.23. The van der Waals surface area contributed by atoms with Gasteiger partial charge in [0.15, 0.2) is 0 Å². The van der Waals surface area contributed by atoms with E-state index in [4.69, 9.17) is 9.88 Å². The Kier molecular flexibility index (Phi) is 6.31. The highest BCUT2D eigenvalue weighted by Gasteiger charge is 2.10. The van der Waals surface area contributed by atoms with Crippen LogP contribution in [-0.2, 0) is 14.8 Å². The van der Waals surface area contributed by atoms with Gasteiger partial charge in [0.2, 0.25) is 15.9 Å². The lowest BCUT2D eigenvalue weighted by atomic mass is 10.2. The predicted molar refractivity (Wildman–Crippen MR) is 96.4 cm³/mol. The van der Waals surface area contributed by atoms with Crippen molar-refractivity contribution in [3.8, 4) is 5.75 Å². The third-order valence-electron chi connectivity index (χ3n) is 3.30. The lowest BCUT2D eigenvalue weighted by molar-refractivity contribution is -0.115. The van der Waals surface area contributed by atoms with Crippen molar-refractivity contribution in [2.75, 3.05) is 18.5 Å². The van der Waals surface area contributed by atoms with Crippen molar-refractivity contribution in [2.24, 2.45) is 5.14 Å². The molecule has 8 nitrogen and oxygen atoms in total. The fraction of sp³-hybridized carbons (Fsp3) is 0.176. The average molecular weight is 377 g/mol. The fourth-order valence-electron chi connectivity index (χ4n) is 2.06. The van der Waals surface area contributed by atoms with Crippen LogP contribution in [0.15, 0.2) is 53.4 Å². The van der Waals surface area contributed by atoms with Gasteiger partial charge in [-0.2, -0.15) is 0 Å². The highest BCUT2D eigenvalue weighted by atomic mass is 32.2. The van der Waals surface area contributed by atoms with Crippen LogP contribution >= 0.6 is 0 Å². The van der Waals surface area contributed by atoms with Gasteiger partial charge in [0.1, 0.15) is 5.75 Å². The summed E-state index contributed by atoms with van der Waals surface area (Å²) in [6.07, 6.45) is 0. The van der Waals surface area contributed by atoms with E-state index in [0.717, 1.165) is 0 Å². The minimum absolute atomic E-state index is 0.0562. The SMILES string of the molecule is CCOc1ccc(C(=O)NCC(=O)Nc2ccc(S(N)(=O)=O)cc2)cc1. The Bertz CT molecular complexity index is 878. The number of anilines is 1. The normalized spacial score (nSPS) is 10.8. The van der Waals surface area contributed by atoms with Gasteiger partial charge in [0, 0.05) is 11.3 Å². The number of benzene rings is 2. The molecule has 0 aromatic heterocycles. The highest BCUT2D eigenvalue weighted by molar-refractivity contribution is 7.89. The number of primary sulfonamides is 1. The standard InChI is InChI=1S/C17H19N3O5S/c1-2-25-14-7-3-12(4-8-14)17(22)19-11-16(21)20-13-5-9-15(10-6-13)26(18,23)24/h3-10H,2,11H2,1H3,(H,19,22)(H,20,21)(H2,18,23,24). The Balaban J connectivity index is 1.87. The third kappa shape index (κ3) is 5.57. The van der Waals surface area contributed by atoms with Crippen molar-refractivity contribution in [1.82, 2.24) is 5.32 Å². The first kappa shape index (κ1) is 19.4. The number of carbonyl (C=O) groups is 2. The summed E-state index contributed by atoms with van der Waals surface area (Å²) in [6, 6.07) is 11.9. The van der Waals surface area contributed by atoms with Gasteiger partial charge in [-0.15, -0.1) is 0 Å². The molecular formula is C17H19N3O5S. The number of ether oxygens (including phenoxy) is 1. The predicted octanol–water partition coefficient (Wildman–Crippen LogP) is 1.10. The smallest absolute Gasteiger partial charge is 0.251 e. The number of amides is 2. The zero-order chi connectivity index (χ0) is 19.2. The summed E-state index contributed by atoms with van der Waals surface area (Å²) in [5.74, 6) is -0.190. The summed E-state index contributed by atoms with van der Waals surface area (Å²) in [4.78, 5) is 23.8. The molecular weight excluding hydrogens is 358 g/mol. The molecule has 0 spiro atoms. The van der Waals surface area contributed by atoms with E-state index >= 15 is 0 Å². The molecule has 0 radical (unpaired) electrons. The van der Waals surface area contributed by atoms with Crippen LogP contribution in [0, 0.1) is 0 Å². The van der Waals surface area contributed by atoms with Gasteiger partial charge < -0.3 is 15.4 Å². The Morgan fingerprint density at radius 3 is 2.19 bits per heavy atom. The molecule has 2 rings (SSSR count). The van der Waals surface area contributed by atoms with E-state index in [1.807, 2.05) is 6.92 Å². The molecule has 0 bridgehead atoms. The van der Waals surface area contributed by atoms with Crippen LogP contribution in [-0.4, -0.2) is 33.4 Å². The minimum Gasteiger partial charge on any atom is -0.494 e. The topological polar surface area (TPSA) is 128 Å². The first-order valence-corrected chi connectivity index (χ1v) is 9.28. The van der Waals surface area contributed by atoms with E-state index < -0.39 is 21.8 Å². The number of nitrogens with two attached hydrogens (primary N) is 1. The van der Waals surface area contributed by atoms with E-state index in [1.54, 1.807) is 24.3 Å². The Hall–Kier alpha value is -2.91. The lowest BCUT2D eigenvalue weighted by Crippen LogP contribution is -2.32. The second-order valence-electron chi connectivity index (χ2n) is 5.26. The molecule has 9 heteroatoms. The van der Waals surface area contributed by atoms with E-state index in [0.29, 0.717) is 23.6 Å². The summed E-state index contributed by atoms with van der Waals surface area (Å²) in [5, 5.41) is 10.0. The summed E-state index contributed by atoms with van der Waals surface area (Å²) in [7, 11) is -3.79. The van der Waals surface area contributed by atoms with Gasteiger partial charge >= 0.3 is 0 Å². The van der Waals surface area contributed by atoms with Crippen molar-refractivity contribution in [3.05, 3.63) is 54.1 Å². The molecule has 0 saturated heterocycles. The maximum atomic E-state index is 12.0. The molecule has 0 heterocycles. The van der Waals surface area contributed by atoms with Gasteiger partial charge in [-0.05, 0) is 55.5 Å². The van der Waals surface area contributed by atoms with Gasteiger partial charge in [-0.3, -0.25) is 9.59 Å². The quantitative estimate of drug-likeness (QED) is 0.666. The second-order valence-corrected chi connectivity index (χ2v) is 6.82. The molecule has 138 valence electrons. The Labute approximate surface area is 151 Å². The zero-order valence-corrected chi connectivity index (χ0v) is 14.9. The molecule has 0 aliphatic heterocycles. The fourth-order valence-corrected chi connectivity index (χ4v) is 2.58. The molecule has 2 aromatic carbocycles. The second kappa shape index (κ2) is 8.45. The first-order valence-electron chi connectivity index (χ1n) is 7.73. The molecule has 0 aliphatic carbocycles. The van der Waals surface area contributed by atoms with E-state index in [2.05, 4.69) is 10.6 Å². The van der Waals surface area contributed by atoms with Crippen molar-refractivity contribution in [3.63, 3.8) is 0 Å². The monoisotopic (exact) mass is 377 g/mol. The molecule has 0 fully saturated rings. The Morgan fingerprint density at radius 1 is 1.04 bits per heavy atom. The molecule has 0 atom stereocenters. The molecule has 4 N–H and O–H groups in total. The maximum Gasteiger partial charge on any atom is 0.251 e. The van der Waals surface area contributed by atoms with Crippen LogP contribution < -0.4 is 20.5 Å². The molecule has 2 amide bonds. The first-order chi connectivity index (χ1) is 12.3. The van der Waals surface area contributed by atoms with E-state index in [1.165, 1.54) is 24.3 Å². The van der Waals surface area contributed by atoms with Crippen LogP contribution in [0.5, 0.6) is 5.75 Å². The number of hydrogen-bond acceptors (Lipinski definition) is 5. The van der Waals surface area contributed by atoms with Gasteiger partial charge in [-0.25, -0.2) is 13.6 Å². The van der Waals surface area contributed by atoms with Crippen LogP contribution in [0.2, 0.25) is 0 Å². The average Bonchev–Trinajstić information content (AvgIpc) is 2.60. The largest absolute Gasteiger partial charge is 0.494 e. The van der Waals surface area contributed by atoms with Gasteiger partial charge in [0.05, 0.1) is 18.0 Å². The van der Waals surface area contributed by atoms with Crippen molar-refractivity contribution >= 4 is 27.5 Å².